The van der Waals surface area contributed by atoms with Crippen LogP contribution in [0.2, 0.25) is 0 Å². The number of furan rings is 1. The minimum atomic E-state index is 0.647. The molecular formula is C42H21N3O2S. The van der Waals surface area contributed by atoms with Gasteiger partial charge in [-0.2, -0.15) is 0 Å². The molecule has 12 rings (SSSR count). The molecule has 0 aliphatic heterocycles. The third kappa shape index (κ3) is 3.10. The Labute approximate surface area is 275 Å². The Morgan fingerprint density at radius 1 is 0.500 bits per heavy atom. The highest BCUT2D eigenvalue weighted by Gasteiger charge is 2.24. The van der Waals surface area contributed by atoms with Crippen LogP contribution in [-0.2, 0) is 0 Å². The lowest BCUT2D eigenvalue weighted by Gasteiger charge is -2.11. The first kappa shape index (κ1) is 24.9. The van der Waals surface area contributed by atoms with E-state index in [4.69, 9.17) is 18.8 Å². The van der Waals surface area contributed by atoms with E-state index in [1.807, 2.05) is 12.1 Å². The molecule has 222 valence electrons. The smallest absolute Gasteiger partial charge is 0.235 e. The van der Waals surface area contributed by atoms with Gasteiger partial charge < -0.3 is 8.83 Å². The van der Waals surface area contributed by atoms with Crippen LogP contribution in [0.15, 0.2) is 136 Å². The van der Waals surface area contributed by atoms with Crippen molar-refractivity contribution in [2.24, 2.45) is 0 Å². The molecule has 0 N–H and O–H groups in total. The summed E-state index contributed by atoms with van der Waals surface area (Å²) in [6, 6.07) is 44.6. The fourth-order valence-corrected chi connectivity index (χ4v) is 9.08. The van der Waals surface area contributed by atoms with Crippen molar-refractivity contribution in [1.29, 1.82) is 0 Å². The van der Waals surface area contributed by atoms with Crippen LogP contribution in [0.3, 0.4) is 0 Å². The molecule has 12 aromatic rings. The number of hydrogen-bond donors (Lipinski definition) is 0. The van der Waals surface area contributed by atoms with Crippen molar-refractivity contribution in [1.82, 2.24) is 14.5 Å². The van der Waals surface area contributed by atoms with Gasteiger partial charge in [0, 0.05) is 48.0 Å². The highest BCUT2D eigenvalue weighted by molar-refractivity contribution is 7.26. The molecule has 0 amide bonds. The van der Waals surface area contributed by atoms with Crippen LogP contribution in [0.5, 0.6) is 0 Å². The normalized spacial score (nSPS) is 12.6. The zero-order valence-corrected chi connectivity index (χ0v) is 26.0. The van der Waals surface area contributed by atoms with Gasteiger partial charge in [0.2, 0.25) is 5.95 Å². The molecule has 0 saturated carbocycles. The van der Waals surface area contributed by atoms with Crippen molar-refractivity contribution < 1.29 is 8.83 Å². The summed E-state index contributed by atoms with van der Waals surface area (Å²) in [4.78, 5) is 10.9. The Bertz CT molecular complexity index is 3200. The predicted molar refractivity (Wildman–Crippen MR) is 198 cm³/mol. The molecule has 0 spiro atoms. The summed E-state index contributed by atoms with van der Waals surface area (Å²) in [5, 5.41) is 10.2. The standard InChI is InChI=1S/C42H21N3O2S/c1-3-11-30-25(9-1)27-21-24(17-20-31(27)46-30)39-41-40(26-10-2-4-14-34(26)48-41)44-42(43-39)45-28-18-15-22-7-5-12-32-35(22)37(28)38-29(45)19-16-23-8-6-13-33(47-32)36(23)38/h1-21H. The number of rotatable bonds is 2. The molecule has 5 nitrogen and oxygen atoms in total. The second-order valence-electron chi connectivity index (χ2n) is 12.5. The fourth-order valence-electron chi connectivity index (χ4n) is 7.93. The van der Waals surface area contributed by atoms with Gasteiger partial charge in [-0.1, -0.05) is 72.8 Å². The van der Waals surface area contributed by atoms with E-state index in [1.54, 1.807) is 11.3 Å². The molecule has 48 heavy (non-hydrogen) atoms. The first-order valence-corrected chi connectivity index (χ1v) is 16.8. The summed E-state index contributed by atoms with van der Waals surface area (Å²) in [6.07, 6.45) is 0. The number of aromatic nitrogens is 3. The van der Waals surface area contributed by atoms with E-state index in [0.29, 0.717) is 5.95 Å². The van der Waals surface area contributed by atoms with Crippen LogP contribution in [-0.4, -0.2) is 14.5 Å². The Morgan fingerprint density at radius 2 is 1.15 bits per heavy atom. The molecule has 0 aliphatic carbocycles. The molecule has 5 aromatic heterocycles. The Hall–Kier alpha value is -6.24. The van der Waals surface area contributed by atoms with E-state index < -0.39 is 0 Å². The van der Waals surface area contributed by atoms with Crippen LogP contribution >= 0.6 is 11.3 Å². The number of para-hydroxylation sites is 1. The molecule has 0 fully saturated rings. The van der Waals surface area contributed by atoms with E-state index in [9.17, 15) is 0 Å². The molecule has 0 unspecified atom stereocenters. The van der Waals surface area contributed by atoms with Gasteiger partial charge in [0.05, 0.1) is 26.9 Å². The zero-order chi connectivity index (χ0) is 31.1. The van der Waals surface area contributed by atoms with E-state index in [2.05, 4.69) is 120 Å². The van der Waals surface area contributed by atoms with Crippen LogP contribution in [0.25, 0.3) is 114 Å². The monoisotopic (exact) mass is 631 g/mol. The maximum Gasteiger partial charge on any atom is 0.235 e. The Balaban J connectivity index is 1.26. The molecule has 6 heteroatoms. The average molecular weight is 632 g/mol. The summed E-state index contributed by atoms with van der Waals surface area (Å²) < 4.78 is 17.4. The number of hydrogen-bond acceptors (Lipinski definition) is 5. The lowest BCUT2D eigenvalue weighted by atomic mass is 10.00. The largest absolute Gasteiger partial charge is 0.456 e. The van der Waals surface area contributed by atoms with Crippen LogP contribution in [0, 0.1) is 0 Å². The van der Waals surface area contributed by atoms with Gasteiger partial charge >= 0.3 is 0 Å². The summed E-state index contributed by atoms with van der Waals surface area (Å²) in [5.41, 5.74) is 8.49. The molecule has 0 atom stereocenters. The predicted octanol–water partition coefficient (Wildman–Crippen LogP) is 12.0. The second-order valence-corrected chi connectivity index (χ2v) is 13.6. The minimum Gasteiger partial charge on any atom is -0.456 e. The molecule has 7 aromatic carbocycles. The highest BCUT2D eigenvalue weighted by atomic mass is 32.1. The van der Waals surface area contributed by atoms with Crippen molar-refractivity contribution in [3.8, 4) is 17.2 Å². The van der Waals surface area contributed by atoms with Crippen LogP contribution in [0.1, 0.15) is 0 Å². The first-order valence-electron chi connectivity index (χ1n) is 16.0. The van der Waals surface area contributed by atoms with E-state index in [1.165, 1.54) is 15.5 Å². The van der Waals surface area contributed by atoms with E-state index >= 15 is 0 Å². The lowest BCUT2D eigenvalue weighted by Crippen LogP contribution is -2.02. The van der Waals surface area contributed by atoms with Gasteiger partial charge in [0.1, 0.15) is 22.3 Å². The summed E-state index contributed by atoms with van der Waals surface area (Å²) in [6.45, 7) is 0. The maximum absolute atomic E-state index is 6.65. The summed E-state index contributed by atoms with van der Waals surface area (Å²) in [5.74, 6) is 0.647. The van der Waals surface area contributed by atoms with Crippen molar-refractivity contribution in [3.05, 3.63) is 127 Å². The topological polar surface area (TPSA) is 57.0 Å². The summed E-state index contributed by atoms with van der Waals surface area (Å²) >= 11 is 1.75. The minimum absolute atomic E-state index is 0.647. The van der Waals surface area contributed by atoms with Crippen molar-refractivity contribution in [2.45, 2.75) is 0 Å². The van der Waals surface area contributed by atoms with Crippen LogP contribution < -0.4 is 0 Å². The van der Waals surface area contributed by atoms with Gasteiger partial charge in [0.25, 0.3) is 0 Å². The van der Waals surface area contributed by atoms with Gasteiger partial charge in [-0.3, -0.25) is 4.57 Å². The summed E-state index contributed by atoms with van der Waals surface area (Å²) in [7, 11) is 0. The molecule has 0 saturated heterocycles. The molecular weight excluding hydrogens is 611 g/mol. The van der Waals surface area contributed by atoms with Gasteiger partial charge in [0.15, 0.2) is 0 Å². The number of benzene rings is 7. The quantitative estimate of drug-likeness (QED) is 0.190. The average Bonchev–Trinajstić information content (AvgIpc) is 3.77. The lowest BCUT2D eigenvalue weighted by molar-refractivity contribution is 0.664. The highest BCUT2D eigenvalue weighted by Crippen LogP contribution is 2.46. The number of thiophene rings is 1. The van der Waals surface area contributed by atoms with Crippen molar-refractivity contribution >= 4 is 108 Å². The molecule has 0 bridgehead atoms. The first-order chi connectivity index (χ1) is 23.8. The van der Waals surface area contributed by atoms with Crippen molar-refractivity contribution in [2.75, 3.05) is 0 Å². The molecule has 0 radical (unpaired) electrons. The Kier molecular flexibility index (Phi) is 4.55. The van der Waals surface area contributed by atoms with E-state index in [-0.39, 0.29) is 0 Å². The third-order valence-electron chi connectivity index (χ3n) is 9.98. The SMILES string of the molecule is c1ccc2c(c1)oc1ccc(-c3nc(-n4c5ccc6cccc7oc8cccc9ccc4c(c98)c5c67)nc4c3sc3ccccc34)cc12. The fraction of sp³-hybridized carbons (Fsp3) is 0. The van der Waals surface area contributed by atoms with Crippen LogP contribution in [0.4, 0.5) is 0 Å². The second kappa shape index (κ2) is 8.76. The van der Waals surface area contributed by atoms with Crippen molar-refractivity contribution in [3.63, 3.8) is 0 Å². The third-order valence-corrected chi connectivity index (χ3v) is 11.1. The zero-order valence-electron chi connectivity index (χ0n) is 25.2. The van der Waals surface area contributed by atoms with Gasteiger partial charge in [-0.05, 0) is 65.4 Å². The van der Waals surface area contributed by atoms with Gasteiger partial charge in [-0.15, -0.1) is 11.3 Å². The van der Waals surface area contributed by atoms with Gasteiger partial charge in [-0.25, -0.2) is 9.97 Å². The van der Waals surface area contributed by atoms with E-state index in [0.717, 1.165) is 92.5 Å². The molecule has 5 heterocycles. The Morgan fingerprint density at radius 3 is 1.92 bits per heavy atom. The molecule has 0 aliphatic rings. The number of fused-ring (bicyclic) bond motifs is 6. The maximum atomic E-state index is 6.65. The number of nitrogens with zero attached hydrogens (tertiary/aromatic N) is 3.